The fourth-order valence-corrected chi connectivity index (χ4v) is 0.362. The molecule has 0 radical (unpaired) electrons. The summed E-state index contributed by atoms with van der Waals surface area (Å²) in [5, 5.41) is 9.17. The van der Waals surface area contributed by atoms with Crippen LogP contribution in [0.4, 0.5) is 0 Å². The van der Waals surface area contributed by atoms with Crippen LogP contribution in [0.15, 0.2) is 0 Å². The summed E-state index contributed by atoms with van der Waals surface area (Å²) in [7, 11) is 0. The molecular weight excluding hydrogens is 104 g/mol. The first kappa shape index (κ1) is 7.14. The van der Waals surface area contributed by atoms with Crippen LogP contribution in [0.25, 0.3) is 0 Å². The van der Waals surface area contributed by atoms with Gasteiger partial charge in [0.1, 0.15) is 0 Å². The zero-order chi connectivity index (χ0) is 6.57. The zero-order valence-corrected chi connectivity index (χ0v) is 5.06. The van der Waals surface area contributed by atoms with Crippen molar-refractivity contribution in [2.24, 2.45) is 0 Å². The van der Waals surface area contributed by atoms with Crippen LogP contribution in [0.3, 0.4) is 0 Å². The van der Waals surface area contributed by atoms with E-state index in [1.165, 1.54) is 13.1 Å². The Morgan fingerprint density at radius 3 is 2.50 bits per heavy atom. The smallest absolute Gasteiger partial charge is 0.217 e. The standard InChI is InChI=1S/C5H10N2O/c1-4(3-6)7-5(2)8/h3-4,6H,1-2H3,(H,7,8). The summed E-state index contributed by atoms with van der Waals surface area (Å²) in [6.07, 6.45) is 1.18. The predicted molar refractivity (Wildman–Crippen MR) is 32.1 cm³/mol. The van der Waals surface area contributed by atoms with E-state index in [9.17, 15) is 4.79 Å². The largest absolute Gasteiger partial charge is 0.349 e. The second-order valence-electron chi connectivity index (χ2n) is 1.66. The third-order valence-corrected chi connectivity index (χ3v) is 0.681. The van der Waals surface area contributed by atoms with Gasteiger partial charge in [-0.15, -0.1) is 0 Å². The van der Waals surface area contributed by atoms with E-state index in [2.05, 4.69) is 5.32 Å². The van der Waals surface area contributed by atoms with Gasteiger partial charge < -0.3 is 10.7 Å². The number of rotatable bonds is 2. The van der Waals surface area contributed by atoms with Gasteiger partial charge >= 0.3 is 0 Å². The average Bonchev–Trinajstić information content (AvgIpc) is 1.65. The highest BCUT2D eigenvalue weighted by Crippen LogP contribution is 1.71. The molecule has 0 aliphatic carbocycles. The van der Waals surface area contributed by atoms with E-state index < -0.39 is 0 Å². The minimum Gasteiger partial charge on any atom is -0.349 e. The monoisotopic (exact) mass is 114 g/mol. The molecule has 0 aliphatic rings. The molecule has 46 valence electrons. The second kappa shape index (κ2) is 3.18. The van der Waals surface area contributed by atoms with Gasteiger partial charge in [0.25, 0.3) is 0 Å². The molecule has 0 aromatic carbocycles. The van der Waals surface area contributed by atoms with Gasteiger partial charge in [-0.3, -0.25) is 4.79 Å². The summed E-state index contributed by atoms with van der Waals surface area (Å²) in [4.78, 5) is 10.2. The van der Waals surface area contributed by atoms with Gasteiger partial charge in [-0.2, -0.15) is 0 Å². The summed E-state index contributed by atoms with van der Waals surface area (Å²) in [5.74, 6) is -0.0963. The fourth-order valence-electron chi connectivity index (χ4n) is 0.362. The van der Waals surface area contributed by atoms with Crippen LogP contribution in [0.1, 0.15) is 13.8 Å². The van der Waals surface area contributed by atoms with Crippen LogP contribution in [0.5, 0.6) is 0 Å². The molecule has 0 bridgehead atoms. The van der Waals surface area contributed by atoms with Crippen LogP contribution < -0.4 is 5.32 Å². The van der Waals surface area contributed by atoms with E-state index in [1.54, 1.807) is 6.92 Å². The Bertz CT molecular complexity index is 101. The van der Waals surface area contributed by atoms with Crippen molar-refractivity contribution in [3.8, 4) is 0 Å². The topological polar surface area (TPSA) is 53.0 Å². The normalized spacial score (nSPS) is 12.2. The highest BCUT2D eigenvalue weighted by atomic mass is 16.1. The molecule has 0 rings (SSSR count). The quantitative estimate of drug-likeness (QED) is 0.494. The first-order chi connectivity index (χ1) is 3.66. The van der Waals surface area contributed by atoms with E-state index in [0.717, 1.165) is 0 Å². The Morgan fingerprint density at radius 1 is 1.88 bits per heavy atom. The number of carbonyl (C=O) groups excluding carboxylic acids is 1. The molecule has 0 aromatic rings. The van der Waals surface area contributed by atoms with Crippen molar-refractivity contribution in [2.45, 2.75) is 19.9 Å². The van der Waals surface area contributed by atoms with Crippen LogP contribution >= 0.6 is 0 Å². The Labute approximate surface area is 48.6 Å². The van der Waals surface area contributed by atoms with Crippen molar-refractivity contribution >= 4 is 12.1 Å². The Kier molecular flexibility index (Phi) is 2.84. The van der Waals surface area contributed by atoms with Crippen molar-refractivity contribution in [3.05, 3.63) is 0 Å². The van der Waals surface area contributed by atoms with Crippen molar-refractivity contribution < 1.29 is 4.79 Å². The maximum atomic E-state index is 10.2. The van der Waals surface area contributed by atoms with Gasteiger partial charge in [0.05, 0.1) is 6.04 Å². The van der Waals surface area contributed by atoms with Crippen LogP contribution in [-0.4, -0.2) is 18.2 Å². The summed E-state index contributed by atoms with van der Waals surface area (Å²) < 4.78 is 0. The molecule has 0 saturated carbocycles. The number of hydrogen-bond donors (Lipinski definition) is 2. The minimum atomic E-state index is -0.132. The Hall–Kier alpha value is -0.860. The molecular formula is C5H10N2O. The fraction of sp³-hybridized carbons (Fsp3) is 0.600. The summed E-state index contributed by atoms with van der Waals surface area (Å²) in [6.45, 7) is 3.18. The Morgan fingerprint density at radius 2 is 2.38 bits per heavy atom. The van der Waals surface area contributed by atoms with Gasteiger partial charge in [-0.1, -0.05) is 0 Å². The van der Waals surface area contributed by atoms with E-state index in [1.807, 2.05) is 0 Å². The van der Waals surface area contributed by atoms with E-state index in [-0.39, 0.29) is 11.9 Å². The maximum absolute atomic E-state index is 10.2. The summed E-state index contributed by atoms with van der Waals surface area (Å²) in [5.41, 5.74) is 0. The lowest BCUT2D eigenvalue weighted by Gasteiger charge is -2.02. The molecule has 3 heteroatoms. The van der Waals surface area contributed by atoms with E-state index in [0.29, 0.717) is 0 Å². The molecule has 0 aromatic heterocycles. The molecule has 1 amide bonds. The number of amides is 1. The molecule has 0 saturated heterocycles. The third kappa shape index (κ3) is 3.33. The van der Waals surface area contributed by atoms with Crippen molar-refractivity contribution in [2.75, 3.05) is 0 Å². The molecule has 1 atom stereocenters. The van der Waals surface area contributed by atoms with Crippen LogP contribution in [0.2, 0.25) is 0 Å². The van der Waals surface area contributed by atoms with Gasteiger partial charge in [0.15, 0.2) is 0 Å². The SMILES string of the molecule is CC(=O)NC(C)C=N. The first-order valence-corrected chi connectivity index (χ1v) is 2.44. The van der Waals surface area contributed by atoms with E-state index >= 15 is 0 Å². The molecule has 3 nitrogen and oxygen atoms in total. The lowest BCUT2D eigenvalue weighted by Crippen LogP contribution is -2.30. The molecule has 8 heavy (non-hydrogen) atoms. The summed E-state index contributed by atoms with van der Waals surface area (Å²) in [6, 6.07) is -0.132. The van der Waals surface area contributed by atoms with E-state index in [4.69, 9.17) is 5.41 Å². The number of nitrogens with one attached hydrogen (secondary N) is 2. The average molecular weight is 114 g/mol. The Balaban J connectivity index is 3.38. The lowest BCUT2D eigenvalue weighted by molar-refractivity contribution is -0.119. The molecule has 0 aliphatic heterocycles. The van der Waals surface area contributed by atoms with Crippen molar-refractivity contribution in [3.63, 3.8) is 0 Å². The third-order valence-electron chi connectivity index (χ3n) is 0.681. The molecule has 0 spiro atoms. The van der Waals surface area contributed by atoms with Gasteiger partial charge in [-0.05, 0) is 6.92 Å². The summed E-state index contributed by atoms with van der Waals surface area (Å²) >= 11 is 0. The van der Waals surface area contributed by atoms with Gasteiger partial charge in [0.2, 0.25) is 5.91 Å². The van der Waals surface area contributed by atoms with Crippen LogP contribution in [-0.2, 0) is 4.79 Å². The predicted octanol–water partition coefficient (Wildman–Crippen LogP) is 0.161. The van der Waals surface area contributed by atoms with Crippen molar-refractivity contribution in [1.82, 2.24) is 5.32 Å². The molecule has 0 fully saturated rings. The number of hydrogen-bond acceptors (Lipinski definition) is 2. The maximum Gasteiger partial charge on any atom is 0.217 e. The highest BCUT2D eigenvalue weighted by molar-refractivity contribution is 5.77. The number of carbonyl (C=O) groups is 1. The highest BCUT2D eigenvalue weighted by Gasteiger charge is 1.94. The molecule has 1 unspecified atom stereocenters. The van der Waals surface area contributed by atoms with Gasteiger partial charge in [-0.25, -0.2) is 0 Å². The first-order valence-electron chi connectivity index (χ1n) is 2.44. The lowest BCUT2D eigenvalue weighted by atomic mass is 10.4. The second-order valence-corrected chi connectivity index (χ2v) is 1.66. The van der Waals surface area contributed by atoms with Crippen molar-refractivity contribution in [1.29, 1.82) is 5.41 Å². The van der Waals surface area contributed by atoms with Gasteiger partial charge in [0, 0.05) is 13.1 Å². The minimum absolute atomic E-state index is 0.0963. The molecule has 2 N–H and O–H groups in total. The molecule has 0 heterocycles. The van der Waals surface area contributed by atoms with Crippen LogP contribution in [0, 0.1) is 5.41 Å². The zero-order valence-electron chi connectivity index (χ0n) is 5.06.